The van der Waals surface area contributed by atoms with Gasteiger partial charge in [-0.15, -0.1) is 0 Å². The minimum atomic E-state index is -0.644. The van der Waals surface area contributed by atoms with Crippen LogP contribution in [-0.2, 0) is 7.05 Å². The molecule has 0 radical (unpaired) electrons. The number of hydrogen-bond donors (Lipinski definition) is 2. The van der Waals surface area contributed by atoms with Gasteiger partial charge in [-0.1, -0.05) is 0 Å². The number of aryl methyl sites for hydroxylation is 1. The van der Waals surface area contributed by atoms with E-state index in [1.165, 1.54) is 24.3 Å². The average Bonchev–Trinajstić information content (AvgIpc) is 2.91. The Hall–Kier alpha value is -1.92. The van der Waals surface area contributed by atoms with Gasteiger partial charge in [0.15, 0.2) is 0 Å². The molecule has 6 heteroatoms. The van der Waals surface area contributed by atoms with Crippen molar-refractivity contribution < 1.29 is 14.2 Å². The Labute approximate surface area is 123 Å². The third-order valence-electron chi connectivity index (χ3n) is 3.14. The van der Waals surface area contributed by atoms with Crippen LogP contribution in [0.25, 0.3) is 0 Å². The third-order valence-corrected chi connectivity index (χ3v) is 3.14. The second-order valence-electron chi connectivity index (χ2n) is 5.00. The van der Waals surface area contributed by atoms with Crippen molar-refractivity contribution in [1.29, 1.82) is 0 Å². The van der Waals surface area contributed by atoms with Gasteiger partial charge in [-0.3, -0.25) is 4.68 Å². The summed E-state index contributed by atoms with van der Waals surface area (Å²) >= 11 is 0. The predicted molar refractivity (Wildman–Crippen MR) is 77.5 cm³/mol. The highest BCUT2D eigenvalue weighted by Gasteiger charge is 2.10. The molecule has 0 amide bonds. The van der Waals surface area contributed by atoms with Gasteiger partial charge in [0.25, 0.3) is 0 Å². The smallest absolute Gasteiger partial charge is 0.123 e. The highest BCUT2D eigenvalue weighted by atomic mass is 19.1. The Morgan fingerprint density at radius 1 is 1.38 bits per heavy atom. The maximum Gasteiger partial charge on any atom is 0.123 e. The van der Waals surface area contributed by atoms with Crippen molar-refractivity contribution in [2.45, 2.75) is 19.1 Å². The molecular weight excluding hydrogens is 273 g/mol. The number of aliphatic hydroxyl groups excluding tert-OH is 1. The number of nitrogens with one attached hydrogen (secondary N) is 1. The SMILES string of the molecule is CC(NCC(O)COc1ccc(F)cc1)c1cnn(C)c1. The number of halogens is 1. The summed E-state index contributed by atoms with van der Waals surface area (Å²) in [6, 6.07) is 5.82. The molecule has 0 fully saturated rings. The Morgan fingerprint density at radius 3 is 2.71 bits per heavy atom. The van der Waals surface area contributed by atoms with E-state index in [0.717, 1.165) is 5.56 Å². The summed E-state index contributed by atoms with van der Waals surface area (Å²) in [6.07, 6.45) is 3.08. The van der Waals surface area contributed by atoms with Crippen LogP contribution in [0.3, 0.4) is 0 Å². The van der Waals surface area contributed by atoms with E-state index in [0.29, 0.717) is 12.3 Å². The van der Waals surface area contributed by atoms with Gasteiger partial charge in [-0.25, -0.2) is 4.39 Å². The van der Waals surface area contributed by atoms with Gasteiger partial charge in [0.1, 0.15) is 24.3 Å². The second kappa shape index (κ2) is 7.19. The molecule has 0 aliphatic rings. The maximum absolute atomic E-state index is 12.7. The van der Waals surface area contributed by atoms with E-state index in [4.69, 9.17) is 4.74 Å². The summed E-state index contributed by atoms with van der Waals surface area (Å²) in [5.74, 6) is 0.227. The van der Waals surface area contributed by atoms with Crippen molar-refractivity contribution in [3.63, 3.8) is 0 Å². The number of hydrogen-bond acceptors (Lipinski definition) is 4. The summed E-state index contributed by atoms with van der Waals surface area (Å²) in [6.45, 7) is 2.56. The third kappa shape index (κ3) is 4.84. The highest BCUT2D eigenvalue weighted by molar-refractivity contribution is 5.22. The summed E-state index contributed by atoms with van der Waals surface area (Å²) in [5, 5.41) is 17.2. The van der Waals surface area contributed by atoms with Crippen LogP contribution in [0.4, 0.5) is 4.39 Å². The van der Waals surface area contributed by atoms with Gasteiger partial charge in [0.2, 0.25) is 0 Å². The zero-order valence-corrected chi connectivity index (χ0v) is 12.2. The molecule has 1 heterocycles. The van der Waals surface area contributed by atoms with Crippen molar-refractivity contribution in [3.8, 4) is 5.75 Å². The molecule has 0 bridgehead atoms. The van der Waals surface area contributed by atoms with Gasteiger partial charge in [-0.2, -0.15) is 5.10 Å². The predicted octanol–water partition coefficient (Wildman–Crippen LogP) is 1.65. The first-order chi connectivity index (χ1) is 10.0. The van der Waals surface area contributed by atoms with E-state index >= 15 is 0 Å². The average molecular weight is 293 g/mol. The lowest BCUT2D eigenvalue weighted by Gasteiger charge is -2.16. The molecule has 1 aromatic heterocycles. The molecule has 21 heavy (non-hydrogen) atoms. The zero-order valence-electron chi connectivity index (χ0n) is 12.2. The van der Waals surface area contributed by atoms with Crippen LogP contribution in [0, 0.1) is 5.82 Å². The number of ether oxygens (including phenoxy) is 1. The van der Waals surface area contributed by atoms with Crippen molar-refractivity contribution >= 4 is 0 Å². The molecule has 0 aliphatic carbocycles. The molecule has 0 aliphatic heterocycles. The van der Waals surface area contributed by atoms with Crippen LogP contribution in [-0.4, -0.2) is 34.1 Å². The molecule has 2 aromatic rings. The lowest BCUT2D eigenvalue weighted by molar-refractivity contribution is 0.104. The molecular formula is C15H20FN3O2. The topological polar surface area (TPSA) is 59.3 Å². The highest BCUT2D eigenvalue weighted by Crippen LogP contribution is 2.12. The quantitative estimate of drug-likeness (QED) is 0.815. The Morgan fingerprint density at radius 2 is 2.10 bits per heavy atom. The van der Waals surface area contributed by atoms with Crippen LogP contribution in [0.5, 0.6) is 5.75 Å². The van der Waals surface area contributed by atoms with Crippen LogP contribution < -0.4 is 10.1 Å². The van der Waals surface area contributed by atoms with Crippen LogP contribution >= 0.6 is 0 Å². The Kier molecular flexibility index (Phi) is 5.30. The molecule has 0 spiro atoms. The first kappa shape index (κ1) is 15.5. The molecule has 2 N–H and O–H groups in total. The van der Waals surface area contributed by atoms with E-state index < -0.39 is 6.10 Å². The number of benzene rings is 1. The normalized spacial score (nSPS) is 13.9. The minimum Gasteiger partial charge on any atom is -0.491 e. The largest absolute Gasteiger partial charge is 0.491 e. The van der Waals surface area contributed by atoms with Crippen LogP contribution in [0.15, 0.2) is 36.7 Å². The Balaban J connectivity index is 1.72. The summed E-state index contributed by atoms with van der Waals surface area (Å²) in [7, 11) is 1.86. The number of nitrogens with zero attached hydrogens (tertiary/aromatic N) is 2. The molecule has 2 unspecified atom stereocenters. The second-order valence-corrected chi connectivity index (χ2v) is 5.00. The van der Waals surface area contributed by atoms with Crippen LogP contribution in [0.2, 0.25) is 0 Å². The summed E-state index contributed by atoms with van der Waals surface area (Å²) < 4.78 is 19.9. The number of aromatic nitrogens is 2. The standard InChI is InChI=1S/C15H20FN3O2/c1-11(12-7-18-19(2)9-12)17-8-14(20)10-21-15-5-3-13(16)4-6-15/h3-7,9,11,14,17,20H,8,10H2,1-2H3. The monoisotopic (exact) mass is 293 g/mol. The van der Waals surface area contributed by atoms with E-state index in [1.807, 2.05) is 20.2 Å². The van der Waals surface area contributed by atoms with E-state index in [9.17, 15) is 9.50 Å². The van der Waals surface area contributed by atoms with Gasteiger partial charge in [0.05, 0.1) is 6.20 Å². The lowest BCUT2D eigenvalue weighted by atomic mass is 10.2. The number of aliphatic hydroxyl groups is 1. The van der Waals surface area contributed by atoms with E-state index in [-0.39, 0.29) is 18.5 Å². The molecule has 2 atom stereocenters. The fourth-order valence-electron chi connectivity index (χ4n) is 1.88. The molecule has 2 rings (SSSR count). The molecule has 0 saturated carbocycles. The van der Waals surface area contributed by atoms with Crippen molar-refractivity contribution in [2.24, 2.45) is 7.05 Å². The first-order valence-electron chi connectivity index (χ1n) is 6.83. The fourth-order valence-corrected chi connectivity index (χ4v) is 1.88. The summed E-state index contributed by atoms with van der Waals surface area (Å²) in [5.41, 5.74) is 1.06. The minimum absolute atomic E-state index is 0.0965. The zero-order chi connectivity index (χ0) is 15.2. The van der Waals surface area contributed by atoms with Crippen molar-refractivity contribution in [3.05, 3.63) is 48.0 Å². The van der Waals surface area contributed by atoms with Gasteiger partial charge in [-0.05, 0) is 31.2 Å². The molecule has 114 valence electrons. The van der Waals surface area contributed by atoms with Crippen LogP contribution in [0.1, 0.15) is 18.5 Å². The van der Waals surface area contributed by atoms with E-state index in [2.05, 4.69) is 10.4 Å². The van der Waals surface area contributed by atoms with Crippen molar-refractivity contribution in [1.82, 2.24) is 15.1 Å². The van der Waals surface area contributed by atoms with E-state index in [1.54, 1.807) is 10.9 Å². The molecule has 0 saturated heterocycles. The molecule has 1 aromatic carbocycles. The Bertz CT molecular complexity index is 556. The molecule has 5 nitrogen and oxygen atoms in total. The maximum atomic E-state index is 12.7. The fraction of sp³-hybridized carbons (Fsp3) is 0.400. The van der Waals surface area contributed by atoms with Gasteiger partial charge in [0, 0.05) is 31.4 Å². The van der Waals surface area contributed by atoms with Gasteiger partial charge >= 0.3 is 0 Å². The van der Waals surface area contributed by atoms with Gasteiger partial charge < -0.3 is 15.2 Å². The van der Waals surface area contributed by atoms with Crippen molar-refractivity contribution in [2.75, 3.05) is 13.2 Å². The number of rotatable bonds is 7. The first-order valence-corrected chi connectivity index (χ1v) is 6.83. The summed E-state index contributed by atoms with van der Waals surface area (Å²) in [4.78, 5) is 0. The lowest BCUT2D eigenvalue weighted by Crippen LogP contribution is -2.32.